The Morgan fingerprint density at radius 1 is 1.48 bits per heavy atom. The summed E-state index contributed by atoms with van der Waals surface area (Å²) in [6.45, 7) is 9.80. The highest BCUT2D eigenvalue weighted by Gasteiger charge is 2.28. The number of rotatable bonds is 6. The summed E-state index contributed by atoms with van der Waals surface area (Å²) in [7, 11) is 0. The van der Waals surface area contributed by atoms with Gasteiger partial charge >= 0.3 is 0 Å². The van der Waals surface area contributed by atoms with Crippen molar-refractivity contribution < 1.29 is 14.3 Å². The summed E-state index contributed by atoms with van der Waals surface area (Å²) in [5, 5.41) is 4.04. The van der Waals surface area contributed by atoms with Crippen molar-refractivity contribution in [1.29, 1.82) is 0 Å². The van der Waals surface area contributed by atoms with Crippen LogP contribution in [0.3, 0.4) is 0 Å². The number of nitrogens with one attached hydrogen (secondary N) is 1. The molecule has 0 saturated carbocycles. The average molecular weight is 338 g/mol. The van der Waals surface area contributed by atoms with E-state index in [0.717, 1.165) is 22.0 Å². The minimum atomic E-state index is -0.0955. The van der Waals surface area contributed by atoms with E-state index in [0.29, 0.717) is 26.2 Å². The van der Waals surface area contributed by atoms with Crippen molar-refractivity contribution >= 4 is 17.2 Å². The molecule has 1 aromatic heterocycles. The fraction of sp³-hybridized carbons (Fsp3) is 0.647. The van der Waals surface area contributed by atoms with Crippen molar-refractivity contribution in [3.8, 4) is 0 Å². The van der Waals surface area contributed by atoms with Crippen molar-refractivity contribution in [3.63, 3.8) is 0 Å². The first-order valence-corrected chi connectivity index (χ1v) is 8.82. The van der Waals surface area contributed by atoms with Gasteiger partial charge in [-0.3, -0.25) is 4.79 Å². The van der Waals surface area contributed by atoms with E-state index >= 15 is 0 Å². The fourth-order valence-corrected chi connectivity index (χ4v) is 3.37. The van der Waals surface area contributed by atoms with Crippen molar-refractivity contribution in [2.24, 2.45) is 0 Å². The fourth-order valence-electron chi connectivity index (χ4n) is 2.54. The number of hydrogen-bond donors (Lipinski definition) is 1. The van der Waals surface area contributed by atoms with Crippen LogP contribution in [0.2, 0.25) is 0 Å². The summed E-state index contributed by atoms with van der Waals surface area (Å²) in [5.41, 5.74) is 2.09. The number of aromatic nitrogens is 1. The van der Waals surface area contributed by atoms with Crippen LogP contribution in [-0.4, -0.2) is 42.9 Å². The lowest BCUT2D eigenvalue weighted by atomic mass is 10.1. The van der Waals surface area contributed by atoms with E-state index in [-0.39, 0.29) is 18.1 Å². The molecule has 0 radical (unpaired) electrons. The Morgan fingerprint density at radius 2 is 2.26 bits per heavy atom. The highest BCUT2D eigenvalue weighted by molar-refractivity contribution is 7.11. The Bertz CT molecular complexity index is 564. The third-order valence-corrected chi connectivity index (χ3v) is 4.70. The van der Waals surface area contributed by atoms with Gasteiger partial charge < -0.3 is 14.8 Å². The third-order valence-electron chi connectivity index (χ3n) is 3.77. The molecule has 0 spiro atoms. The smallest absolute Gasteiger partial charge is 0.226 e. The van der Waals surface area contributed by atoms with Gasteiger partial charge in [0.15, 0.2) is 0 Å². The van der Waals surface area contributed by atoms with Crippen LogP contribution in [0.15, 0.2) is 11.6 Å². The van der Waals surface area contributed by atoms with Crippen molar-refractivity contribution in [2.45, 2.75) is 52.7 Å². The number of hydrogen-bond acceptors (Lipinski definition) is 5. The number of nitrogens with zero attached hydrogens (tertiary/aromatic N) is 1. The molecule has 1 aromatic rings. The van der Waals surface area contributed by atoms with E-state index in [4.69, 9.17) is 9.47 Å². The minimum Gasteiger partial charge on any atom is -0.379 e. The van der Waals surface area contributed by atoms with E-state index in [1.54, 1.807) is 11.3 Å². The van der Waals surface area contributed by atoms with E-state index in [1.165, 1.54) is 5.57 Å². The van der Waals surface area contributed by atoms with Gasteiger partial charge in [0, 0.05) is 11.5 Å². The van der Waals surface area contributed by atoms with E-state index in [9.17, 15) is 4.79 Å². The topological polar surface area (TPSA) is 60.5 Å². The largest absolute Gasteiger partial charge is 0.379 e. The maximum atomic E-state index is 12.3. The number of allylic oxidation sites excluding steroid dienone is 1. The van der Waals surface area contributed by atoms with E-state index < -0.39 is 0 Å². The highest BCUT2D eigenvalue weighted by atomic mass is 32.1. The van der Waals surface area contributed by atoms with Crippen LogP contribution in [0.5, 0.6) is 0 Å². The molecular weight excluding hydrogens is 312 g/mol. The minimum absolute atomic E-state index is 0.00145. The maximum absolute atomic E-state index is 12.3. The molecule has 1 N–H and O–H groups in total. The predicted molar refractivity (Wildman–Crippen MR) is 91.8 cm³/mol. The van der Waals surface area contributed by atoms with Gasteiger partial charge in [0.05, 0.1) is 42.5 Å². The lowest BCUT2D eigenvalue weighted by Crippen LogP contribution is -2.51. The molecule has 1 amide bonds. The molecule has 0 aliphatic carbocycles. The van der Waals surface area contributed by atoms with Gasteiger partial charge in [-0.25, -0.2) is 4.98 Å². The summed E-state index contributed by atoms with van der Waals surface area (Å²) >= 11 is 1.62. The molecule has 128 valence electrons. The Morgan fingerprint density at radius 3 is 2.91 bits per heavy atom. The van der Waals surface area contributed by atoms with E-state index in [1.807, 2.05) is 27.7 Å². The molecule has 23 heavy (non-hydrogen) atoms. The maximum Gasteiger partial charge on any atom is 0.226 e. The van der Waals surface area contributed by atoms with Gasteiger partial charge in [0.2, 0.25) is 5.91 Å². The lowest BCUT2D eigenvalue weighted by molar-refractivity contribution is -0.125. The summed E-state index contributed by atoms with van der Waals surface area (Å²) < 4.78 is 11.4. The molecule has 1 aliphatic rings. The van der Waals surface area contributed by atoms with Crippen molar-refractivity contribution in [2.75, 3.05) is 19.8 Å². The molecule has 2 rings (SSSR count). The van der Waals surface area contributed by atoms with Crippen molar-refractivity contribution in [1.82, 2.24) is 10.3 Å². The van der Waals surface area contributed by atoms with Gasteiger partial charge in [0.1, 0.15) is 0 Å². The van der Waals surface area contributed by atoms with E-state index in [2.05, 4.69) is 16.4 Å². The standard InChI is InChI=1S/C17H26N2O3S/c1-11(2)5-8-22-16-6-7-21-10-15(16)19-17(20)9-14-12(3)23-13(4)18-14/h5,15-16H,6-10H2,1-4H3,(H,19,20)/t15-,16+/m1/s1. The number of aryl methyl sites for hydroxylation is 2. The molecule has 1 aliphatic heterocycles. The van der Waals surface area contributed by atoms with Crippen LogP contribution in [0.4, 0.5) is 0 Å². The molecular formula is C17H26N2O3S. The van der Waals surface area contributed by atoms with Gasteiger partial charge in [-0.2, -0.15) is 0 Å². The summed E-state index contributed by atoms with van der Waals surface area (Å²) in [5.74, 6) is -0.0234. The van der Waals surface area contributed by atoms with Crippen LogP contribution in [-0.2, 0) is 20.7 Å². The Hall–Kier alpha value is -1.24. The number of thiazole rings is 1. The molecule has 2 atom stereocenters. The summed E-state index contributed by atoms with van der Waals surface area (Å²) in [6, 6.07) is -0.0955. The second kappa shape index (κ2) is 8.57. The van der Waals surface area contributed by atoms with Gasteiger partial charge in [-0.1, -0.05) is 11.6 Å². The third kappa shape index (κ3) is 5.71. The van der Waals surface area contributed by atoms with Gasteiger partial charge in [0.25, 0.3) is 0 Å². The Balaban J connectivity index is 1.89. The number of amides is 1. The summed E-state index contributed by atoms with van der Waals surface area (Å²) in [6.07, 6.45) is 3.17. The molecule has 5 nitrogen and oxygen atoms in total. The second-order valence-corrected chi connectivity index (χ2v) is 7.51. The predicted octanol–water partition coefficient (Wildman–Crippen LogP) is 2.56. The molecule has 0 unspecified atom stereocenters. The SMILES string of the molecule is CC(C)=CCO[C@H]1CCOC[C@H]1NC(=O)Cc1nc(C)sc1C. The highest BCUT2D eigenvalue weighted by Crippen LogP contribution is 2.17. The Labute approximate surface area is 142 Å². The van der Waals surface area contributed by atoms with Gasteiger partial charge in [-0.15, -0.1) is 11.3 Å². The Kier molecular flexibility index (Phi) is 6.74. The van der Waals surface area contributed by atoms with Crippen LogP contribution in [0.25, 0.3) is 0 Å². The zero-order valence-electron chi connectivity index (χ0n) is 14.3. The quantitative estimate of drug-likeness (QED) is 0.810. The first-order chi connectivity index (χ1) is 11.0. The lowest BCUT2D eigenvalue weighted by Gasteiger charge is -2.31. The number of ether oxygens (including phenoxy) is 2. The average Bonchev–Trinajstić information content (AvgIpc) is 2.78. The van der Waals surface area contributed by atoms with Crippen LogP contribution in [0.1, 0.15) is 35.8 Å². The zero-order chi connectivity index (χ0) is 16.8. The molecule has 0 bridgehead atoms. The number of carbonyl (C=O) groups is 1. The molecule has 0 aromatic carbocycles. The normalized spacial score (nSPS) is 21.0. The first kappa shape index (κ1) is 18.1. The van der Waals surface area contributed by atoms with Gasteiger partial charge in [-0.05, 0) is 34.1 Å². The van der Waals surface area contributed by atoms with Crippen LogP contribution in [0, 0.1) is 13.8 Å². The molecule has 1 saturated heterocycles. The molecule has 6 heteroatoms. The first-order valence-electron chi connectivity index (χ1n) is 8.00. The molecule has 2 heterocycles. The molecule has 1 fully saturated rings. The number of carbonyl (C=O) groups excluding carboxylic acids is 1. The van der Waals surface area contributed by atoms with Crippen molar-refractivity contribution in [3.05, 3.63) is 27.2 Å². The monoisotopic (exact) mass is 338 g/mol. The van der Waals surface area contributed by atoms with Crippen LogP contribution >= 0.6 is 11.3 Å². The summed E-state index contributed by atoms with van der Waals surface area (Å²) in [4.78, 5) is 17.8. The zero-order valence-corrected chi connectivity index (χ0v) is 15.2. The van der Waals surface area contributed by atoms with Crippen LogP contribution < -0.4 is 5.32 Å². The second-order valence-electron chi connectivity index (χ2n) is 6.10.